The van der Waals surface area contributed by atoms with E-state index in [0.717, 1.165) is 6.42 Å². The van der Waals surface area contributed by atoms with E-state index >= 15 is 0 Å². The molecule has 2 aromatic rings. The number of aromatic hydroxyl groups is 1. The first-order chi connectivity index (χ1) is 10.0. The Morgan fingerprint density at radius 2 is 2.14 bits per heavy atom. The highest BCUT2D eigenvalue weighted by atomic mass is 32.2. The molecule has 1 aromatic carbocycles. The van der Waals surface area contributed by atoms with E-state index in [9.17, 15) is 14.3 Å². The van der Waals surface area contributed by atoms with Gasteiger partial charge in [-0.25, -0.2) is 4.39 Å². The topological polar surface area (TPSA) is 66.0 Å². The third kappa shape index (κ3) is 3.64. The molecular formula is C15H17FN2O2S. The zero-order valence-corrected chi connectivity index (χ0v) is 12.7. The zero-order valence-electron chi connectivity index (χ0n) is 11.9. The lowest BCUT2D eigenvalue weighted by Gasteiger charge is -2.09. The Kier molecular flexibility index (Phi) is 5.01. The van der Waals surface area contributed by atoms with E-state index in [-0.39, 0.29) is 11.1 Å². The molecule has 1 unspecified atom stereocenters. The van der Waals surface area contributed by atoms with Crippen LogP contribution in [0.15, 0.2) is 29.1 Å². The summed E-state index contributed by atoms with van der Waals surface area (Å²) >= 11 is 1.63. The van der Waals surface area contributed by atoms with Crippen LogP contribution in [0.4, 0.5) is 4.39 Å². The van der Waals surface area contributed by atoms with E-state index in [1.54, 1.807) is 17.8 Å². The number of H-pyrrole nitrogens is 1. The van der Waals surface area contributed by atoms with Gasteiger partial charge < -0.3 is 10.1 Å². The molecule has 4 nitrogen and oxygen atoms in total. The third-order valence-corrected chi connectivity index (χ3v) is 4.51. The Bertz CT molecular complexity index is 688. The predicted molar refractivity (Wildman–Crippen MR) is 83.0 cm³/mol. The fourth-order valence-corrected chi connectivity index (χ4v) is 2.64. The first-order valence-corrected chi connectivity index (χ1v) is 7.76. The summed E-state index contributed by atoms with van der Waals surface area (Å²) in [7, 11) is 0. The van der Waals surface area contributed by atoms with E-state index in [2.05, 4.69) is 23.8 Å². The second-order valence-corrected chi connectivity index (χ2v) is 6.15. The van der Waals surface area contributed by atoms with Crippen LogP contribution in [-0.2, 0) is 5.75 Å². The first kappa shape index (κ1) is 15.6. The average Bonchev–Trinajstić information content (AvgIpc) is 2.46. The van der Waals surface area contributed by atoms with Crippen LogP contribution in [0.25, 0.3) is 11.1 Å². The van der Waals surface area contributed by atoms with Gasteiger partial charge in [-0.1, -0.05) is 32.0 Å². The lowest BCUT2D eigenvalue weighted by Crippen LogP contribution is -2.14. The molecule has 0 amide bonds. The minimum atomic E-state index is -0.568. The fourth-order valence-electron chi connectivity index (χ4n) is 1.82. The van der Waals surface area contributed by atoms with E-state index in [1.165, 1.54) is 18.2 Å². The van der Waals surface area contributed by atoms with Crippen LogP contribution >= 0.6 is 11.8 Å². The summed E-state index contributed by atoms with van der Waals surface area (Å²) in [5.74, 6) is -0.122. The van der Waals surface area contributed by atoms with Gasteiger partial charge in [-0.15, -0.1) is 0 Å². The molecule has 0 bridgehead atoms. The fraction of sp³-hybridized carbons (Fsp3) is 0.333. The largest absolute Gasteiger partial charge is 0.493 e. The summed E-state index contributed by atoms with van der Waals surface area (Å²) in [6, 6.07) is 5.80. The second kappa shape index (κ2) is 6.76. The molecular weight excluding hydrogens is 291 g/mol. The molecule has 0 spiro atoms. The standard InChI is InChI=1S/C15H17FN2O2S/c1-3-9(2)21-8-12-17-14(19)13(15(20)18-12)10-6-4-5-7-11(10)16/h4-7,9H,3,8H2,1-2H3,(H2,17,18,19,20). The molecule has 0 saturated heterocycles. The van der Waals surface area contributed by atoms with Crippen LogP contribution < -0.4 is 5.56 Å². The molecule has 1 aromatic heterocycles. The average molecular weight is 308 g/mol. The minimum Gasteiger partial charge on any atom is -0.493 e. The molecule has 2 rings (SSSR count). The van der Waals surface area contributed by atoms with Gasteiger partial charge in [0.25, 0.3) is 5.56 Å². The summed E-state index contributed by atoms with van der Waals surface area (Å²) in [6.45, 7) is 4.16. The minimum absolute atomic E-state index is 0.0462. The molecule has 6 heteroatoms. The monoisotopic (exact) mass is 308 g/mol. The Labute approximate surface area is 126 Å². The number of aromatic nitrogens is 2. The van der Waals surface area contributed by atoms with Crippen molar-refractivity contribution in [3.63, 3.8) is 0 Å². The van der Waals surface area contributed by atoms with Gasteiger partial charge in [0.2, 0.25) is 5.88 Å². The number of halogens is 1. The van der Waals surface area contributed by atoms with Crippen molar-refractivity contribution in [2.24, 2.45) is 0 Å². The number of aromatic amines is 1. The van der Waals surface area contributed by atoms with Crippen molar-refractivity contribution < 1.29 is 9.50 Å². The molecule has 2 N–H and O–H groups in total. The number of rotatable bonds is 5. The Hall–Kier alpha value is -1.82. The number of hydrogen-bond donors (Lipinski definition) is 2. The number of hydrogen-bond acceptors (Lipinski definition) is 4. The Morgan fingerprint density at radius 1 is 1.43 bits per heavy atom. The Morgan fingerprint density at radius 3 is 2.76 bits per heavy atom. The van der Waals surface area contributed by atoms with Gasteiger partial charge in [0, 0.05) is 10.8 Å². The van der Waals surface area contributed by atoms with E-state index in [1.807, 2.05) is 0 Å². The van der Waals surface area contributed by atoms with Gasteiger partial charge in [-0.2, -0.15) is 16.7 Å². The van der Waals surface area contributed by atoms with Gasteiger partial charge in [-0.05, 0) is 12.5 Å². The third-order valence-electron chi connectivity index (χ3n) is 3.17. The quantitative estimate of drug-likeness (QED) is 0.889. The van der Waals surface area contributed by atoms with Crippen LogP contribution in [-0.4, -0.2) is 20.3 Å². The van der Waals surface area contributed by atoms with Gasteiger partial charge >= 0.3 is 0 Å². The van der Waals surface area contributed by atoms with Crippen molar-refractivity contribution in [1.82, 2.24) is 9.97 Å². The normalized spacial score (nSPS) is 12.3. The van der Waals surface area contributed by atoms with Crippen molar-refractivity contribution in [2.45, 2.75) is 31.3 Å². The smallest absolute Gasteiger partial charge is 0.262 e. The van der Waals surface area contributed by atoms with Gasteiger partial charge in [0.1, 0.15) is 17.2 Å². The lowest BCUT2D eigenvalue weighted by atomic mass is 10.1. The maximum absolute atomic E-state index is 13.7. The van der Waals surface area contributed by atoms with E-state index in [0.29, 0.717) is 16.8 Å². The summed E-state index contributed by atoms with van der Waals surface area (Å²) in [5.41, 5.74) is -0.623. The summed E-state index contributed by atoms with van der Waals surface area (Å²) < 4.78 is 13.7. The van der Waals surface area contributed by atoms with Crippen LogP contribution in [0.1, 0.15) is 26.1 Å². The van der Waals surface area contributed by atoms with Gasteiger partial charge in [0.15, 0.2) is 0 Å². The molecule has 112 valence electrons. The van der Waals surface area contributed by atoms with Crippen molar-refractivity contribution in [3.05, 3.63) is 46.3 Å². The first-order valence-electron chi connectivity index (χ1n) is 6.71. The number of thioether (sulfide) groups is 1. The van der Waals surface area contributed by atoms with Crippen LogP contribution in [0.2, 0.25) is 0 Å². The molecule has 0 aliphatic rings. The van der Waals surface area contributed by atoms with Crippen molar-refractivity contribution in [1.29, 1.82) is 0 Å². The number of benzene rings is 1. The van der Waals surface area contributed by atoms with E-state index in [4.69, 9.17) is 0 Å². The maximum Gasteiger partial charge on any atom is 0.262 e. The molecule has 1 heterocycles. The highest BCUT2D eigenvalue weighted by Gasteiger charge is 2.16. The SMILES string of the molecule is CCC(C)SCc1nc(O)c(-c2ccccc2F)c(=O)[nH]1. The van der Waals surface area contributed by atoms with Crippen molar-refractivity contribution in [3.8, 4) is 17.0 Å². The highest BCUT2D eigenvalue weighted by molar-refractivity contribution is 7.99. The highest BCUT2D eigenvalue weighted by Crippen LogP contribution is 2.26. The van der Waals surface area contributed by atoms with Gasteiger partial charge in [-0.3, -0.25) is 4.79 Å². The molecule has 0 saturated carbocycles. The summed E-state index contributed by atoms with van der Waals surface area (Å²) in [4.78, 5) is 18.7. The van der Waals surface area contributed by atoms with Crippen LogP contribution in [0, 0.1) is 5.82 Å². The second-order valence-electron chi connectivity index (χ2n) is 4.72. The molecule has 21 heavy (non-hydrogen) atoms. The van der Waals surface area contributed by atoms with Gasteiger partial charge in [0.05, 0.1) is 5.75 Å². The van der Waals surface area contributed by atoms with Crippen LogP contribution in [0.5, 0.6) is 5.88 Å². The molecule has 0 radical (unpaired) electrons. The van der Waals surface area contributed by atoms with Crippen molar-refractivity contribution >= 4 is 11.8 Å². The number of nitrogens with one attached hydrogen (secondary N) is 1. The maximum atomic E-state index is 13.7. The molecule has 0 fully saturated rings. The van der Waals surface area contributed by atoms with E-state index < -0.39 is 17.3 Å². The molecule has 0 aliphatic heterocycles. The Balaban J connectivity index is 2.35. The number of nitrogens with zero attached hydrogens (tertiary/aromatic N) is 1. The van der Waals surface area contributed by atoms with Crippen molar-refractivity contribution in [2.75, 3.05) is 0 Å². The molecule has 1 atom stereocenters. The zero-order chi connectivity index (χ0) is 15.4. The summed E-state index contributed by atoms with van der Waals surface area (Å²) in [6.07, 6.45) is 1.01. The lowest BCUT2D eigenvalue weighted by molar-refractivity contribution is 0.450. The van der Waals surface area contributed by atoms with Crippen LogP contribution in [0.3, 0.4) is 0 Å². The molecule has 0 aliphatic carbocycles. The summed E-state index contributed by atoms with van der Waals surface area (Å²) in [5, 5.41) is 10.4. The predicted octanol–water partition coefficient (Wildman–Crippen LogP) is 3.31.